The maximum atomic E-state index is 12.1. The molecule has 5 heteroatoms. The largest absolute Gasteiger partial charge is 0.480 e. The monoisotopic (exact) mass is 354 g/mol. The van der Waals surface area contributed by atoms with Crippen LogP contribution < -0.4 is 10.1 Å². The van der Waals surface area contributed by atoms with E-state index in [1.807, 2.05) is 18.2 Å². The van der Waals surface area contributed by atoms with Gasteiger partial charge in [-0.15, -0.1) is 0 Å². The number of methoxy groups -OCH3 is 1. The van der Waals surface area contributed by atoms with Crippen molar-refractivity contribution >= 4 is 34.2 Å². The minimum atomic E-state index is -0.175. The van der Waals surface area contributed by atoms with Gasteiger partial charge in [0.2, 0.25) is 5.88 Å². The van der Waals surface area contributed by atoms with Crippen LogP contribution >= 0.6 is 22.6 Å². The van der Waals surface area contributed by atoms with Crippen LogP contribution in [-0.2, 0) is 0 Å². The van der Waals surface area contributed by atoms with Gasteiger partial charge in [0.05, 0.1) is 12.7 Å². The van der Waals surface area contributed by atoms with Crippen LogP contribution in [0.25, 0.3) is 0 Å². The third-order valence-electron chi connectivity index (χ3n) is 2.33. The van der Waals surface area contributed by atoms with Crippen LogP contribution in [0.1, 0.15) is 10.4 Å². The van der Waals surface area contributed by atoms with Gasteiger partial charge < -0.3 is 10.1 Å². The molecule has 0 saturated carbocycles. The molecular weight excluding hydrogens is 343 g/mol. The standard InChI is InChI=1S/C13H11IN2O2/c1-18-13-11(7-4-8-15-13)16-12(17)9-5-2-3-6-10(9)14/h2-8H,1H3,(H,16,17). The highest BCUT2D eigenvalue weighted by Crippen LogP contribution is 2.21. The van der Waals surface area contributed by atoms with E-state index in [-0.39, 0.29) is 5.91 Å². The second kappa shape index (κ2) is 5.81. The van der Waals surface area contributed by atoms with Crippen LogP contribution in [0.4, 0.5) is 5.69 Å². The Balaban J connectivity index is 2.24. The van der Waals surface area contributed by atoms with E-state index in [9.17, 15) is 4.79 Å². The summed E-state index contributed by atoms with van der Waals surface area (Å²) in [6.45, 7) is 0. The topological polar surface area (TPSA) is 51.2 Å². The zero-order chi connectivity index (χ0) is 13.0. The Kier molecular flexibility index (Phi) is 4.14. The van der Waals surface area contributed by atoms with Gasteiger partial charge in [0.1, 0.15) is 5.69 Å². The van der Waals surface area contributed by atoms with Gasteiger partial charge in [0.25, 0.3) is 5.91 Å². The van der Waals surface area contributed by atoms with Gasteiger partial charge in [-0.1, -0.05) is 12.1 Å². The zero-order valence-corrected chi connectivity index (χ0v) is 11.8. The maximum absolute atomic E-state index is 12.1. The third kappa shape index (κ3) is 2.79. The average molecular weight is 354 g/mol. The first-order chi connectivity index (χ1) is 8.72. The van der Waals surface area contributed by atoms with E-state index >= 15 is 0 Å². The Morgan fingerprint density at radius 1 is 1.28 bits per heavy atom. The highest BCUT2D eigenvalue weighted by Gasteiger charge is 2.12. The summed E-state index contributed by atoms with van der Waals surface area (Å²) in [5.41, 5.74) is 1.19. The second-order valence-corrected chi connectivity index (χ2v) is 4.66. The van der Waals surface area contributed by atoms with E-state index in [0.717, 1.165) is 3.57 Å². The molecule has 0 saturated heterocycles. The zero-order valence-electron chi connectivity index (χ0n) is 9.68. The van der Waals surface area contributed by atoms with Crippen molar-refractivity contribution in [3.05, 3.63) is 51.7 Å². The van der Waals surface area contributed by atoms with Gasteiger partial charge in [0.15, 0.2) is 0 Å². The molecule has 0 bridgehead atoms. The lowest BCUT2D eigenvalue weighted by Gasteiger charge is -2.09. The Hall–Kier alpha value is -1.63. The number of benzene rings is 1. The Bertz CT molecular complexity index is 572. The molecule has 0 aliphatic carbocycles. The van der Waals surface area contributed by atoms with Crippen LogP contribution in [0.2, 0.25) is 0 Å². The van der Waals surface area contributed by atoms with Crippen molar-refractivity contribution in [2.75, 3.05) is 12.4 Å². The normalized spacial score (nSPS) is 9.89. The van der Waals surface area contributed by atoms with E-state index in [1.54, 1.807) is 24.4 Å². The number of ether oxygens (including phenoxy) is 1. The van der Waals surface area contributed by atoms with Crippen LogP contribution in [0.15, 0.2) is 42.6 Å². The van der Waals surface area contributed by atoms with Crippen molar-refractivity contribution in [1.29, 1.82) is 0 Å². The van der Waals surface area contributed by atoms with Crippen LogP contribution in [0, 0.1) is 3.57 Å². The van der Waals surface area contributed by atoms with Crippen LogP contribution in [-0.4, -0.2) is 18.0 Å². The molecule has 0 radical (unpaired) electrons. The summed E-state index contributed by atoms with van der Waals surface area (Å²) in [5.74, 6) is 0.225. The summed E-state index contributed by atoms with van der Waals surface area (Å²) in [4.78, 5) is 16.1. The fraction of sp³-hybridized carbons (Fsp3) is 0.0769. The molecule has 0 spiro atoms. The molecule has 0 aliphatic rings. The molecule has 1 aromatic heterocycles. The average Bonchev–Trinajstić information content (AvgIpc) is 2.39. The minimum Gasteiger partial charge on any atom is -0.480 e. The first-order valence-electron chi connectivity index (χ1n) is 5.27. The first kappa shape index (κ1) is 12.8. The molecule has 0 atom stereocenters. The van der Waals surface area contributed by atoms with Crippen molar-refractivity contribution < 1.29 is 9.53 Å². The Morgan fingerprint density at radius 3 is 2.78 bits per heavy atom. The smallest absolute Gasteiger partial charge is 0.256 e. The molecule has 0 unspecified atom stereocenters. The molecule has 1 heterocycles. The quantitative estimate of drug-likeness (QED) is 0.863. The molecule has 4 nitrogen and oxygen atoms in total. The fourth-order valence-corrected chi connectivity index (χ4v) is 2.12. The van der Waals surface area contributed by atoms with Crippen molar-refractivity contribution in [3.63, 3.8) is 0 Å². The second-order valence-electron chi connectivity index (χ2n) is 3.49. The molecule has 1 N–H and O–H groups in total. The number of amides is 1. The summed E-state index contributed by atoms with van der Waals surface area (Å²) in [7, 11) is 1.52. The van der Waals surface area contributed by atoms with Gasteiger partial charge in [-0.05, 0) is 46.9 Å². The number of anilines is 1. The number of hydrogen-bond acceptors (Lipinski definition) is 3. The molecule has 2 rings (SSSR count). The molecule has 0 aliphatic heterocycles. The highest BCUT2D eigenvalue weighted by atomic mass is 127. The molecule has 18 heavy (non-hydrogen) atoms. The number of nitrogens with zero attached hydrogens (tertiary/aromatic N) is 1. The Labute approximate surface area is 119 Å². The third-order valence-corrected chi connectivity index (χ3v) is 3.27. The highest BCUT2D eigenvalue weighted by molar-refractivity contribution is 14.1. The van der Waals surface area contributed by atoms with Crippen molar-refractivity contribution in [3.8, 4) is 5.88 Å². The van der Waals surface area contributed by atoms with E-state index in [1.165, 1.54) is 7.11 Å². The lowest BCUT2D eigenvalue weighted by molar-refractivity contribution is 0.102. The number of carbonyl (C=O) groups excluding carboxylic acids is 1. The van der Waals surface area contributed by atoms with E-state index in [4.69, 9.17) is 4.74 Å². The Morgan fingerprint density at radius 2 is 2.06 bits per heavy atom. The van der Waals surface area contributed by atoms with Gasteiger partial charge in [0, 0.05) is 9.77 Å². The number of pyridine rings is 1. The van der Waals surface area contributed by atoms with Gasteiger partial charge in [-0.3, -0.25) is 4.79 Å². The van der Waals surface area contributed by atoms with Gasteiger partial charge in [-0.25, -0.2) is 4.98 Å². The SMILES string of the molecule is COc1ncccc1NC(=O)c1ccccc1I. The number of nitrogens with one attached hydrogen (secondary N) is 1. The maximum Gasteiger partial charge on any atom is 0.256 e. The summed E-state index contributed by atoms with van der Waals surface area (Å²) in [6, 6.07) is 10.9. The minimum absolute atomic E-state index is 0.175. The molecule has 92 valence electrons. The van der Waals surface area contributed by atoms with Gasteiger partial charge >= 0.3 is 0 Å². The van der Waals surface area contributed by atoms with E-state index < -0.39 is 0 Å². The van der Waals surface area contributed by atoms with E-state index in [2.05, 4.69) is 32.9 Å². The van der Waals surface area contributed by atoms with E-state index in [0.29, 0.717) is 17.1 Å². The van der Waals surface area contributed by atoms with Crippen molar-refractivity contribution in [2.24, 2.45) is 0 Å². The predicted molar refractivity (Wildman–Crippen MR) is 77.9 cm³/mol. The lowest BCUT2D eigenvalue weighted by Crippen LogP contribution is -2.14. The summed E-state index contributed by atoms with van der Waals surface area (Å²) in [5, 5.41) is 2.79. The molecule has 0 fully saturated rings. The molecular formula is C13H11IN2O2. The number of aromatic nitrogens is 1. The lowest BCUT2D eigenvalue weighted by atomic mass is 10.2. The van der Waals surface area contributed by atoms with Gasteiger partial charge in [-0.2, -0.15) is 0 Å². The molecule has 1 aromatic carbocycles. The predicted octanol–water partition coefficient (Wildman–Crippen LogP) is 2.95. The molecule has 1 amide bonds. The number of halogens is 1. The first-order valence-corrected chi connectivity index (χ1v) is 6.35. The summed E-state index contributed by atoms with van der Waals surface area (Å²) in [6.07, 6.45) is 1.61. The summed E-state index contributed by atoms with van der Waals surface area (Å²) < 4.78 is 5.98. The number of hydrogen-bond donors (Lipinski definition) is 1. The summed E-state index contributed by atoms with van der Waals surface area (Å²) >= 11 is 2.13. The van der Waals surface area contributed by atoms with Crippen LogP contribution in [0.5, 0.6) is 5.88 Å². The number of rotatable bonds is 3. The fourth-order valence-electron chi connectivity index (χ4n) is 1.48. The van der Waals surface area contributed by atoms with Crippen molar-refractivity contribution in [2.45, 2.75) is 0 Å². The van der Waals surface area contributed by atoms with Crippen LogP contribution in [0.3, 0.4) is 0 Å². The molecule has 2 aromatic rings. The van der Waals surface area contributed by atoms with Crippen molar-refractivity contribution in [1.82, 2.24) is 4.98 Å². The number of carbonyl (C=O) groups is 1.